The minimum atomic E-state index is -0.473. The molecule has 0 fully saturated rings. The van der Waals surface area contributed by atoms with Gasteiger partial charge >= 0.3 is 0 Å². The van der Waals surface area contributed by atoms with E-state index in [4.69, 9.17) is 21.1 Å². The van der Waals surface area contributed by atoms with Gasteiger partial charge in [0.2, 0.25) is 0 Å². The third kappa shape index (κ3) is 3.97. The average Bonchev–Trinajstić information content (AvgIpc) is 3.05. The van der Waals surface area contributed by atoms with Crippen molar-refractivity contribution in [1.82, 2.24) is 4.90 Å². The smallest absolute Gasteiger partial charge is 0.290 e. The molecular weight excluding hydrogens is 414 g/mol. The van der Waals surface area contributed by atoms with Crippen LogP contribution in [0, 0.1) is 0 Å². The highest BCUT2D eigenvalue weighted by molar-refractivity contribution is 6.30. The number of ether oxygens (including phenoxy) is 2. The lowest BCUT2D eigenvalue weighted by Crippen LogP contribution is -2.30. The molecule has 4 rings (SSSR count). The maximum Gasteiger partial charge on any atom is 0.290 e. The van der Waals surface area contributed by atoms with Crippen LogP contribution in [0.15, 0.2) is 78.6 Å². The van der Waals surface area contributed by atoms with E-state index in [9.17, 15) is 9.90 Å². The Labute approximate surface area is 186 Å². The minimum absolute atomic E-state index is 0.250. The van der Waals surface area contributed by atoms with E-state index in [0.717, 1.165) is 16.7 Å². The summed E-state index contributed by atoms with van der Waals surface area (Å²) in [4.78, 5) is 14.8. The van der Waals surface area contributed by atoms with Crippen molar-refractivity contribution in [3.8, 4) is 11.5 Å². The number of carbonyl (C=O) groups is 1. The predicted molar refractivity (Wildman–Crippen MR) is 120 cm³/mol. The SMILES string of the molecule is COc1ccc(CN2C(=O)C(O)=C(c3ccccc3)[C@H]2c2ccc(Cl)cc2)c(OC)c1. The lowest BCUT2D eigenvalue weighted by molar-refractivity contribution is -0.130. The van der Waals surface area contributed by atoms with Crippen LogP contribution in [0.25, 0.3) is 5.57 Å². The van der Waals surface area contributed by atoms with Gasteiger partial charge in [-0.25, -0.2) is 0 Å². The molecule has 1 atom stereocenters. The Hall–Kier alpha value is -3.44. The molecule has 158 valence electrons. The van der Waals surface area contributed by atoms with Crippen LogP contribution < -0.4 is 9.47 Å². The number of rotatable bonds is 6. The van der Waals surface area contributed by atoms with E-state index in [0.29, 0.717) is 22.1 Å². The van der Waals surface area contributed by atoms with Gasteiger partial charge < -0.3 is 19.5 Å². The van der Waals surface area contributed by atoms with Crippen LogP contribution in [0.2, 0.25) is 5.02 Å². The number of carbonyl (C=O) groups excluding carboxylic acids is 1. The lowest BCUT2D eigenvalue weighted by Gasteiger charge is -2.28. The summed E-state index contributed by atoms with van der Waals surface area (Å²) in [6.45, 7) is 0.250. The molecule has 0 aromatic heterocycles. The van der Waals surface area contributed by atoms with E-state index in [1.807, 2.05) is 54.6 Å². The molecule has 0 bridgehead atoms. The second kappa shape index (κ2) is 8.74. The molecule has 1 N–H and O–H groups in total. The van der Waals surface area contributed by atoms with Crippen molar-refractivity contribution in [3.05, 3.63) is 100 Å². The van der Waals surface area contributed by atoms with Gasteiger partial charge in [-0.05, 0) is 35.4 Å². The minimum Gasteiger partial charge on any atom is -0.503 e. The highest BCUT2D eigenvalue weighted by Gasteiger charge is 2.41. The van der Waals surface area contributed by atoms with E-state index < -0.39 is 11.9 Å². The summed E-state index contributed by atoms with van der Waals surface area (Å²) < 4.78 is 10.8. The number of benzene rings is 3. The van der Waals surface area contributed by atoms with Crippen molar-refractivity contribution in [3.63, 3.8) is 0 Å². The maximum absolute atomic E-state index is 13.2. The molecule has 1 aliphatic rings. The van der Waals surface area contributed by atoms with Crippen molar-refractivity contribution in [2.75, 3.05) is 14.2 Å². The largest absolute Gasteiger partial charge is 0.503 e. The Morgan fingerprint density at radius 3 is 2.32 bits per heavy atom. The summed E-state index contributed by atoms with van der Waals surface area (Å²) in [7, 11) is 3.16. The summed E-state index contributed by atoms with van der Waals surface area (Å²) in [5.74, 6) is 0.582. The number of hydrogen-bond donors (Lipinski definition) is 1. The van der Waals surface area contributed by atoms with Gasteiger partial charge in [-0.2, -0.15) is 0 Å². The number of hydrogen-bond acceptors (Lipinski definition) is 4. The Morgan fingerprint density at radius 2 is 1.68 bits per heavy atom. The van der Waals surface area contributed by atoms with Crippen LogP contribution in [0.4, 0.5) is 0 Å². The fourth-order valence-corrected chi connectivity index (χ4v) is 4.01. The van der Waals surface area contributed by atoms with Gasteiger partial charge in [-0.3, -0.25) is 4.79 Å². The molecule has 0 aliphatic carbocycles. The molecule has 0 saturated carbocycles. The molecule has 0 unspecified atom stereocenters. The molecule has 0 saturated heterocycles. The molecule has 31 heavy (non-hydrogen) atoms. The summed E-state index contributed by atoms with van der Waals surface area (Å²) in [6.07, 6.45) is 0. The van der Waals surface area contributed by atoms with E-state index in [2.05, 4.69) is 0 Å². The first-order chi connectivity index (χ1) is 15.0. The van der Waals surface area contributed by atoms with Crippen LogP contribution >= 0.6 is 11.6 Å². The Kier molecular flexibility index (Phi) is 5.87. The van der Waals surface area contributed by atoms with Crippen molar-refractivity contribution >= 4 is 23.1 Å². The van der Waals surface area contributed by atoms with Crippen LogP contribution in [0.3, 0.4) is 0 Å². The van der Waals surface area contributed by atoms with E-state index in [1.54, 1.807) is 37.3 Å². The normalized spacial score (nSPS) is 16.0. The van der Waals surface area contributed by atoms with Gasteiger partial charge in [-0.15, -0.1) is 0 Å². The number of aliphatic hydroxyl groups excluding tert-OH is 1. The monoisotopic (exact) mass is 435 g/mol. The highest BCUT2D eigenvalue weighted by atomic mass is 35.5. The number of nitrogens with zero attached hydrogens (tertiary/aromatic N) is 1. The van der Waals surface area contributed by atoms with E-state index in [1.165, 1.54) is 0 Å². The van der Waals surface area contributed by atoms with Crippen LogP contribution in [-0.4, -0.2) is 30.1 Å². The first kappa shape index (κ1) is 20.8. The van der Waals surface area contributed by atoms with Crippen molar-refractivity contribution in [2.24, 2.45) is 0 Å². The van der Waals surface area contributed by atoms with Gasteiger partial charge in [0.05, 0.1) is 26.8 Å². The quantitative estimate of drug-likeness (QED) is 0.562. The van der Waals surface area contributed by atoms with Crippen molar-refractivity contribution < 1.29 is 19.4 Å². The fourth-order valence-electron chi connectivity index (χ4n) is 3.89. The van der Waals surface area contributed by atoms with Gasteiger partial charge in [0.1, 0.15) is 11.5 Å². The van der Waals surface area contributed by atoms with Crippen LogP contribution in [0.1, 0.15) is 22.7 Å². The predicted octanol–water partition coefficient (Wildman–Crippen LogP) is 5.41. The molecular formula is C25H22ClNO4. The number of halogens is 1. The Morgan fingerprint density at radius 1 is 0.968 bits per heavy atom. The molecule has 0 spiro atoms. The topological polar surface area (TPSA) is 59.0 Å². The van der Waals surface area contributed by atoms with Crippen LogP contribution in [0.5, 0.6) is 11.5 Å². The van der Waals surface area contributed by atoms with E-state index >= 15 is 0 Å². The molecule has 3 aromatic rings. The summed E-state index contributed by atoms with van der Waals surface area (Å²) in [5.41, 5.74) is 3.02. The average molecular weight is 436 g/mol. The molecule has 1 heterocycles. The second-order valence-corrected chi connectivity index (χ2v) is 7.63. The van der Waals surface area contributed by atoms with E-state index in [-0.39, 0.29) is 12.3 Å². The van der Waals surface area contributed by atoms with Crippen molar-refractivity contribution in [1.29, 1.82) is 0 Å². The zero-order valence-corrected chi connectivity index (χ0v) is 18.0. The number of amides is 1. The first-order valence-electron chi connectivity index (χ1n) is 9.79. The highest BCUT2D eigenvalue weighted by Crippen LogP contribution is 2.44. The number of aliphatic hydroxyl groups is 1. The standard InChI is InChI=1S/C25H22ClNO4/c1-30-20-13-10-18(21(14-20)31-2)15-27-23(17-8-11-19(26)12-9-17)22(24(28)25(27)29)16-6-4-3-5-7-16/h3-14,23,28H,15H2,1-2H3/t23-/m1/s1. The molecule has 1 aliphatic heterocycles. The van der Waals surface area contributed by atoms with Crippen molar-refractivity contribution in [2.45, 2.75) is 12.6 Å². The Balaban J connectivity index is 1.80. The zero-order chi connectivity index (χ0) is 22.0. The Bertz CT molecular complexity index is 1130. The third-order valence-electron chi connectivity index (χ3n) is 5.41. The summed E-state index contributed by atoms with van der Waals surface area (Å²) in [6, 6.07) is 21.7. The third-order valence-corrected chi connectivity index (χ3v) is 5.66. The van der Waals surface area contributed by atoms with Gasteiger partial charge in [0.25, 0.3) is 5.91 Å². The maximum atomic E-state index is 13.2. The first-order valence-corrected chi connectivity index (χ1v) is 10.2. The van der Waals surface area contributed by atoms with Gasteiger partial charge in [-0.1, -0.05) is 54.1 Å². The molecule has 0 radical (unpaired) electrons. The molecule has 1 amide bonds. The lowest BCUT2D eigenvalue weighted by atomic mass is 9.93. The zero-order valence-electron chi connectivity index (χ0n) is 17.2. The molecule has 6 heteroatoms. The second-order valence-electron chi connectivity index (χ2n) is 7.19. The molecule has 3 aromatic carbocycles. The molecule has 5 nitrogen and oxygen atoms in total. The summed E-state index contributed by atoms with van der Waals surface area (Å²) >= 11 is 6.09. The number of methoxy groups -OCH3 is 2. The summed E-state index contributed by atoms with van der Waals surface area (Å²) in [5, 5.41) is 11.5. The van der Waals surface area contributed by atoms with Gasteiger partial charge in [0.15, 0.2) is 5.76 Å². The fraction of sp³-hybridized carbons (Fsp3) is 0.160. The van der Waals surface area contributed by atoms with Gasteiger partial charge in [0, 0.05) is 22.2 Å². The van der Waals surface area contributed by atoms with Crippen LogP contribution in [-0.2, 0) is 11.3 Å².